The van der Waals surface area contributed by atoms with Crippen LogP contribution in [0.4, 0.5) is 5.13 Å². The van der Waals surface area contributed by atoms with Gasteiger partial charge in [0.1, 0.15) is 25.2 Å². The normalized spacial score (nSPS) is 13.4. The Balaban J connectivity index is 0.00000280. The molecule has 3 rings (SSSR count). The van der Waals surface area contributed by atoms with Crippen molar-refractivity contribution in [3.05, 3.63) is 30.2 Å². The van der Waals surface area contributed by atoms with Crippen molar-refractivity contribution in [2.24, 2.45) is 0 Å². The van der Waals surface area contributed by atoms with Gasteiger partial charge in [0.05, 0.1) is 16.8 Å². The molecule has 1 aliphatic rings. The first-order chi connectivity index (χ1) is 13.1. The van der Waals surface area contributed by atoms with Crippen molar-refractivity contribution in [1.82, 2.24) is 9.88 Å². The highest BCUT2D eigenvalue weighted by atomic mass is 35.5. The van der Waals surface area contributed by atoms with Crippen LogP contribution in [0.5, 0.6) is 5.75 Å². The summed E-state index contributed by atoms with van der Waals surface area (Å²) in [7, 11) is 4.03. The molecule has 0 spiro atoms. The first-order valence-corrected chi connectivity index (χ1v) is 9.84. The van der Waals surface area contributed by atoms with Crippen LogP contribution in [0.25, 0.3) is 10.2 Å². The fourth-order valence-electron chi connectivity index (χ4n) is 2.71. The Morgan fingerprint density at radius 1 is 1.29 bits per heavy atom. The van der Waals surface area contributed by atoms with Crippen molar-refractivity contribution in [3.8, 4) is 5.75 Å². The van der Waals surface area contributed by atoms with Crippen molar-refractivity contribution in [1.29, 1.82) is 0 Å². The van der Waals surface area contributed by atoms with E-state index < -0.39 is 0 Å². The second kappa shape index (κ2) is 10.5. The molecule has 1 aromatic carbocycles. The van der Waals surface area contributed by atoms with E-state index in [4.69, 9.17) is 14.2 Å². The molecule has 0 saturated heterocycles. The summed E-state index contributed by atoms with van der Waals surface area (Å²) in [6, 6.07) is 5.78. The van der Waals surface area contributed by atoms with Crippen molar-refractivity contribution in [3.63, 3.8) is 0 Å². The van der Waals surface area contributed by atoms with Gasteiger partial charge in [-0.25, -0.2) is 4.98 Å². The zero-order chi connectivity index (χ0) is 19.2. The maximum atomic E-state index is 13.0. The molecule has 0 aliphatic carbocycles. The molecule has 1 amide bonds. The molecule has 28 heavy (non-hydrogen) atoms. The highest BCUT2D eigenvalue weighted by molar-refractivity contribution is 7.22. The van der Waals surface area contributed by atoms with Crippen LogP contribution in [0, 0.1) is 0 Å². The van der Waals surface area contributed by atoms with Crippen LogP contribution in [0.1, 0.15) is 13.3 Å². The van der Waals surface area contributed by atoms with Crippen LogP contribution < -0.4 is 9.64 Å². The summed E-state index contributed by atoms with van der Waals surface area (Å²) < 4.78 is 17.3. The van der Waals surface area contributed by atoms with E-state index in [-0.39, 0.29) is 24.1 Å². The largest absolute Gasteiger partial charge is 0.494 e. The first-order valence-electron chi connectivity index (χ1n) is 9.03. The number of benzene rings is 1. The summed E-state index contributed by atoms with van der Waals surface area (Å²) in [6.07, 6.45) is 2.22. The topological polar surface area (TPSA) is 64.1 Å². The zero-order valence-electron chi connectivity index (χ0n) is 16.3. The van der Waals surface area contributed by atoms with E-state index in [9.17, 15) is 4.79 Å². The molecule has 0 N–H and O–H groups in total. The fourth-order valence-corrected chi connectivity index (χ4v) is 3.73. The number of carbonyl (C=O) groups is 1. The fraction of sp³-hybridized carbons (Fsp3) is 0.474. The summed E-state index contributed by atoms with van der Waals surface area (Å²) in [5.41, 5.74) is 0.846. The Kier molecular flexibility index (Phi) is 8.35. The monoisotopic (exact) mass is 427 g/mol. The number of hydrogen-bond donors (Lipinski definition) is 0. The molecule has 0 fully saturated rings. The quantitative estimate of drug-likeness (QED) is 0.644. The Bertz CT molecular complexity index is 825. The predicted molar refractivity (Wildman–Crippen MR) is 114 cm³/mol. The van der Waals surface area contributed by atoms with Gasteiger partial charge in [0.15, 0.2) is 5.13 Å². The summed E-state index contributed by atoms with van der Waals surface area (Å²) in [5.74, 6) is 0.801. The van der Waals surface area contributed by atoms with Crippen molar-refractivity contribution < 1.29 is 19.0 Å². The minimum Gasteiger partial charge on any atom is -0.494 e. The lowest BCUT2D eigenvalue weighted by atomic mass is 10.3. The Morgan fingerprint density at radius 2 is 2.11 bits per heavy atom. The van der Waals surface area contributed by atoms with Crippen LogP contribution in [-0.4, -0.2) is 62.8 Å². The minimum absolute atomic E-state index is 0. The summed E-state index contributed by atoms with van der Waals surface area (Å²) in [5, 5.41) is 0.650. The lowest BCUT2D eigenvalue weighted by molar-refractivity contribution is -0.119. The number of thiazole rings is 1. The number of rotatable bonds is 8. The highest BCUT2D eigenvalue weighted by Gasteiger charge is 2.26. The molecule has 1 aliphatic heterocycles. The van der Waals surface area contributed by atoms with Gasteiger partial charge < -0.3 is 19.1 Å². The Hall–Kier alpha value is -2.03. The Morgan fingerprint density at radius 3 is 2.79 bits per heavy atom. The molecule has 0 unspecified atom stereocenters. The lowest BCUT2D eigenvalue weighted by Gasteiger charge is -2.23. The van der Waals surface area contributed by atoms with E-state index in [1.165, 1.54) is 17.6 Å². The van der Waals surface area contributed by atoms with Crippen LogP contribution in [0.15, 0.2) is 30.2 Å². The average Bonchev–Trinajstić information content (AvgIpc) is 3.08. The second-order valence-electron chi connectivity index (χ2n) is 6.37. The van der Waals surface area contributed by atoms with Gasteiger partial charge >= 0.3 is 0 Å². The van der Waals surface area contributed by atoms with E-state index in [1.807, 2.05) is 39.2 Å². The van der Waals surface area contributed by atoms with Gasteiger partial charge in [0, 0.05) is 6.54 Å². The van der Waals surface area contributed by atoms with Crippen molar-refractivity contribution in [2.45, 2.75) is 13.3 Å². The van der Waals surface area contributed by atoms with Gasteiger partial charge in [0.25, 0.3) is 5.91 Å². The van der Waals surface area contributed by atoms with Crippen LogP contribution in [0.3, 0.4) is 0 Å². The third kappa shape index (κ3) is 5.50. The number of halogens is 1. The van der Waals surface area contributed by atoms with Gasteiger partial charge in [-0.1, -0.05) is 11.3 Å². The van der Waals surface area contributed by atoms with E-state index >= 15 is 0 Å². The van der Waals surface area contributed by atoms with Crippen LogP contribution >= 0.6 is 23.7 Å². The standard InChI is InChI=1S/C19H25N3O4S.ClH/c1-4-25-14-6-7-15-17(12-14)27-19(20-15)22(9-5-8-21(2)3)18(23)16-13-24-10-11-26-16;/h6-7,12-13H,4-5,8-11H2,1-3H3;1H. The van der Waals surface area contributed by atoms with Crippen LogP contribution in [0.2, 0.25) is 0 Å². The summed E-state index contributed by atoms with van der Waals surface area (Å²) in [6.45, 7) is 4.82. The first kappa shape index (κ1) is 22.3. The number of aromatic nitrogens is 1. The predicted octanol–water partition coefficient (Wildman–Crippen LogP) is 3.29. The maximum Gasteiger partial charge on any atom is 0.298 e. The van der Waals surface area contributed by atoms with Crippen LogP contribution in [-0.2, 0) is 14.3 Å². The van der Waals surface area contributed by atoms with Gasteiger partial charge in [0.2, 0.25) is 5.76 Å². The zero-order valence-corrected chi connectivity index (χ0v) is 18.0. The molecule has 154 valence electrons. The molecular formula is C19H26ClN3O4S. The SMILES string of the molecule is CCOc1ccc2nc(N(CCCN(C)C)C(=O)C3=COCCO3)sc2c1.Cl. The molecular weight excluding hydrogens is 402 g/mol. The third-order valence-electron chi connectivity index (χ3n) is 3.98. The number of carbonyl (C=O) groups excluding carboxylic acids is 1. The summed E-state index contributed by atoms with van der Waals surface area (Å²) >= 11 is 1.47. The molecule has 0 saturated carbocycles. The van der Waals surface area contributed by atoms with E-state index in [2.05, 4.69) is 9.88 Å². The van der Waals surface area contributed by atoms with Gasteiger partial charge in [-0.3, -0.25) is 9.69 Å². The molecule has 7 nitrogen and oxygen atoms in total. The maximum absolute atomic E-state index is 13.0. The van der Waals surface area contributed by atoms with E-state index in [1.54, 1.807) is 4.90 Å². The number of nitrogens with zero attached hydrogens (tertiary/aromatic N) is 3. The number of anilines is 1. The molecule has 2 heterocycles. The van der Waals surface area contributed by atoms with E-state index in [0.29, 0.717) is 31.5 Å². The summed E-state index contributed by atoms with van der Waals surface area (Å²) in [4.78, 5) is 21.4. The third-order valence-corrected chi connectivity index (χ3v) is 5.02. The smallest absolute Gasteiger partial charge is 0.298 e. The average molecular weight is 428 g/mol. The molecule has 0 bridgehead atoms. The molecule has 2 aromatic rings. The molecule has 0 radical (unpaired) electrons. The highest BCUT2D eigenvalue weighted by Crippen LogP contribution is 2.32. The Labute approximate surface area is 175 Å². The molecule has 1 aromatic heterocycles. The second-order valence-corrected chi connectivity index (χ2v) is 7.38. The molecule has 0 atom stereocenters. The van der Waals surface area contributed by atoms with Crippen molar-refractivity contribution in [2.75, 3.05) is 51.9 Å². The lowest BCUT2D eigenvalue weighted by Crippen LogP contribution is -2.36. The molecule has 9 heteroatoms. The minimum atomic E-state index is -0.224. The number of amides is 1. The van der Waals surface area contributed by atoms with E-state index in [0.717, 1.165) is 28.9 Å². The van der Waals surface area contributed by atoms with Gasteiger partial charge in [-0.2, -0.15) is 0 Å². The number of ether oxygens (including phenoxy) is 3. The number of fused-ring (bicyclic) bond motifs is 1. The number of hydrogen-bond acceptors (Lipinski definition) is 7. The van der Waals surface area contributed by atoms with Gasteiger partial charge in [-0.05, 0) is 52.2 Å². The van der Waals surface area contributed by atoms with Crippen molar-refractivity contribution >= 4 is 45.0 Å². The van der Waals surface area contributed by atoms with Gasteiger partial charge in [-0.15, -0.1) is 12.4 Å².